The minimum atomic E-state index is -0.944. The summed E-state index contributed by atoms with van der Waals surface area (Å²) in [5.41, 5.74) is 9.00. The molecule has 0 bridgehead atoms. The fraction of sp³-hybridized carbons (Fsp3) is 0.417. The molecular weight excluding hydrogens is 248 g/mol. The van der Waals surface area contributed by atoms with E-state index in [0.29, 0.717) is 0 Å². The van der Waals surface area contributed by atoms with Crippen molar-refractivity contribution in [2.24, 2.45) is 5.11 Å². The Bertz CT molecular complexity index is 446. The smallest absolute Gasteiger partial charge is 0.407 e. The Morgan fingerprint density at radius 3 is 2.84 bits per heavy atom. The standard InChI is InChI=1S/C12H16N4O3/c1-9(11(17)7-14-16-13)15-12(18)19-8-10-5-3-2-4-6-10/h2-6,9,11,17H,7-8H2,1H3,(H,15,18)/t9-,11?/m0/s1. The summed E-state index contributed by atoms with van der Waals surface area (Å²) in [5, 5.41) is 15.2. The summed E-state index contributed by atoms with van der Waals surface area (Å²) in [6, 6.07) is 8.69. The number of alkyl carbamates (subject to hydrolysis) is 1. The van der Waals surface area contributed by atoms with E-state index in [1.807, 2.05) is 30.3 Å². The van der Waals surface area contributed by atoms with Gasteiger partial charge in [0.05, 0.1) is 18.7 Å². The van der Waals surface area contributed by atoms with E-state index in [-0.39, 0.29) is 13.2 Å². The molecule has 0 aliphatic carbocycles. The van der Waals surface area contributed by atoms with Gasteiger partial charge in [-0.1, -0.05) is 35.4 Å². The average Bonchev–Trinajstić information content (AvgIpc) is 2.43. The maximum Gasteiger partial charge on any atom is 0.407 e. The van der Waals surface area contributed by atoms with E-state index in [1.165, 1.54) is 0 Å². The van der Waals surface area contributed by atoms with Gasteiger partial charge in [-0.25, -0.2) is 4.79 Å². The van der Waals surface area contributed by atoms with Crippen LogP contribution in [0.3, 0.4) is 0 Å². The van der Waals surface area contributed by atoms with Crippen LogP contribution < -0.4 is 5.32 Å². The van der Waals surface area contributed by atoms with Crippen LogP contribution in [0.1, 0.15) is 12.5 Å². The van der Waals surface area contributed by atoms with Gasteiger partial charge >= 0.3 is 6.09 Å². The van der Waals surface area contributed by atoms with Crippen molar-refractivity contribution >= 4 is 6.09 Å². The topological polar surface area (TPSA) is 107 Å². The molecule has 1 unspecified atom stereocenters. The van der Waals surface area contributed by atoms with E-state index in [4.69, 9.17) is 10.3 Å². The Kier molecular flexibility index (Phi) is 6.21. The second-order valence-electron chi connectivity index (χ2n) is 3.98. The number of nitrogens with one attached hydrogen (secondary N) is 1. The zero-order valence-electron chi connectivity index (χ0n) is 10.6. The van der Waals surface area contributed by atoms with Crippen molar-refractivity contribution in [2.75, 3.05) is 6.54 Å². The lowest BCUT2D eigenvalue weighted by atomic mass is 10.2. The molecule has 0 aromatic heterocycles. The van der Waals surface area contributed by atoms with Gasteiger partial charge in [0, 0.05) is 4.91 Å². The first kappa shape index (κ1) is 14.8. The van der Waals surface area contributed by atoms with E-state index in [2.05, 4.69) is 15.3 Å². The maximum atomic E-state index is 11.5. The van der Waals surface area contributed by atoms with E-state index < -0.39 is 18.2 Å². The number of aliphatic hydroxyl groups excluding tert-OH is 1. The summed E-state index contributed by atoms with van der Waals surface area (Å²) in [6.45, 7) is 1.66. The Morgan fingerprint density at radius 1 is 1.53 bits per heavy atom. The Hall–Kier alpha value is -2.24. The average molecular weight is 264 g/mol. The predicted octanol–water partition coefficient (Wildman–Crippen LogP) is 1.97. The quantitative estimate of drug-likeness (QED) is 0.466. The molecule has 0 radical (unpaired) electrons. The first-order valence-electron chi connectivity index (χ1n) is 5.79. The molecule has 7 nitrogen and oxygen atoms in total. The molecular formula is C12H16N4O3. The lowest BCUT2D eigenvalue weighted by molar-refractivity contribution is 0.110. The van der Waals surface area contributed by atoms with E-state index in [1.54, 1.807) is 6.92 Å². The van der Waals surface area contributed by atoms with Crippen LogP contribution in [0.25, 0.3) is 10.4 Å². The van der Waals surface area contributed by atoms with Gasteiger partial charge in [0.15, 0.2) is 0 Å². The molecule has 1 aromatic rings. The van der Waals surface area contributed by atoms with Crippen molar-refractivity contribution in [2.45, 2.75) is 25.7 Å². The number of benzene rings is 1. The van der Waals surface area contributed by atoms with Gasteiger partial charge < -0.3 is 15.2 Å². The van der Waals surface area contributed by atoms with Gasteiger partial charge in [0.25, 0.3) is 0 Å². The predicted molar refractivity (Wildman–Crippen MR) is 69.2 cm³/mol. The zero-order valence-corrected chi connectivity index (χ0v) is 10.6. The van der Waals surface area contributed by atoms with Crippen LogP contribution in [0, 0.1) is 0 Å². The van der Waals surface area contributed by atoms with Crippen LogP contribution >= 0.6 is 0 Å². The van der Waals surface area contributed by atoms with Crippen molar-refractivity contribution < 1.29 is 14.6 Å². The second-order valence-corrected chi connectivity index (χ2v) is 3.98. The fourth-order valence-electron chi connectivity index (χ4n) is 1.33. The lowest BCUT2D eigenvalue weighted by Gasteiger charge is -2.18. The van der Waals surface area contributed by atoms with Crippen molar-refractivity contribution in [3.63, 3.8) is 0 Å². The SMILES string of the molecule is C[C@H](NC(=O)OCc1ccccc1)C(O)CN=[N+]=[N-]. The van der Waals surface area contributed by atoms with Crippen molar-refractivity contribution in [1.82, 2.24) is 5.32 Å². The Balaban J connectivity index is 2.32. The molecule has 102 valence electrons. The number of carbonyl (C=O) groups is 1. The summed E-state index contributed by atoms with van der Waals surface area (Å²) in [6.07, 6.45) is -1.57. The first-order chi connectivity index (χ1) is 9.13. The van der Waals surface area contributed by atoms with Crippen LogP contribution in [-0.2, 0) is 11.3 Å². The highest BCUT2D eigenvalue weighted by molar-refractivity contribution is 5.67. The zero-order chi connectivity index (χ0) is 14.1. The summed E-state index contributed by atoms with van der Waals surface area (Å²) in [4.78, 5) is 14.0. The molecule has 2 atom stereocenters. The van der Waals surface area contributed by atoms with Gasteiger partial charge in [-0.05, 0) is 18.0 Å². The molecule has 2 N–H and O–H groups in total. The number of amides is 1. The van der Waals surface area contributed by atoms with Crippen molar-refractivity contribution in [1.29, 1.82) is 0 Å². The van der Waals surface area contributed by atoms with Crippen LogP contribution in [0.2, 0.25) is 0 Å². The number of ether oxygens (including phenoxy) is 1. The fourth-order valence-corrected chi connectivity index (χ4v) is 1.33. The van der Waals surface area contributed by atoms with Crippen molar-refractivity contribution in [3.05, 3.63) is 46.3 Å². The summed E-state index contributed by atoms with van der Waals surface area (Å²) in [7, 11) is 0. The van der Waals surface area contributed by atoms with E-state index in [0.717, 1.165) is 5.56 Å². The minimum Gasteiger partial charge on any atom is -0.445 e. The number of rotatable bonds is 6. The first-order valence-corrected chi connectivity index (χ1v) is 5.79. The highest BCUT2D eigenvalue weighted by atomic mass is 16.5. The number of carbonyl (C=O) groups excluding carboxylic acids is 1. The summed E-state index contributed by atoms with van der Waals surface area (Å²) < 4.78 is 4.99. The van der Waals surface area contributed by atoms with Crippen molar-refractivity contribution in [3.8, 4) is 0 Å². The van der Waals surface area contributed by atoms with E-state index >= 15 is 0 Å². The largest absolute Gasteiger partial charge is 0.445 e. The third kappa shape index (κ3) is 5.76. The Labute approximate surface area is 110 Å². The van der Waals surface area contributed by atoms with Gasteiger partial charge in [0.2, 0.25) is 0 Å². The van der Waals surface area contributed by atoms with Crippen LogP contribution in [0.4, 0.5) is 4.79 Å². The van der Waals surface area contributed by atoms with Gasteiger partial charge in [0.1, 0.15) is 6.61 Å². The number of azide groups is 1. The van der Waals surface area contributed by atoms with Gasteiger partial charge in [-0.15, -0.1) is 0 Å². The number of aliphatic hydroxyl groups is 1. The Morgan fingerprint density at radius 2 is 2.21 bits per heavy atom. The second kappa shape index (κ2) is 7.97. The van der Waals surface area contributed by atoms with Crippen LogP contribution in [-0.4, -0.2) is 29.9 Å². The molecule has 0 aliphatic rings. The number of hydrogen-bond acceptors (Lipinski definition) is 4. The third-order valence-corrected chi connectivity index (χ3v) is 2.47. The molecule has 19 heavy (non-hydrogen) atoms. The van der Waals surface area contributed by atoms with E-state index in [9.17, 15) is 9.90 Å². The number of hydrogen-bond donors (Lipinski definition) is 2. The molecule has 0 heterocycles. The maximum absolute atomic E-state index is 11.5. The number of nitrogens with zero attached hydrogens (tertiary/aromatic N) is 3. The molecule has 0 saturated carbocycles. The molecule has 1 amide bonds. The molecule has 1 rings (SSSR count). The lowest BCUT2D eigenvalue weighted by Crippen LogP contribution is -2.42. The van der Waals surface area contributed by atoms with Crippen LogP contribution in [0.5, 0.6) is 0 Å². The summed E-state index contributed by atoms with van der Waals surface area (Å²) in [5.74, 6) is 0. The van der Waals surface area contributed by atoms with Gasteiger partial charge in [-0.3, -0.25) is 0 Å². The highest BCUT2D eigenvalue weighted by Gasteiger charge is 2.16. The minimum absolute atomic E-state index is 0.101. The summed E-state index contributed by atoms with van der Waals surface area (Å²) >= 11 is 0. The molecule has 0 aliphatic heterocycles. The molecule has 1 aromatic carbocycles. The monoisotopic (exact) mass is 264 g/mol. The molecule has 0 spiro atoms. The van der Waals surface area contributed by atoms with Crippen LogP contribution in [0.15, 0.2) is 35.4 Å². The molecule has 0 fully saturated rings. The third-order valence-electron chi connectivity index (χ3n) is 2.47. The normalized spacial score (nSPS) is 12.9. The highest BCUT2D eigenvalue weighted by Crippen LogP contribution is 2.01. The molecule has 7 heteroatoms. The molecule has 0 saturated heterocycles. The van der Waals surface area contributed by atoms with Gasteiger partial charge in [-0.2, -0.15) is 0 Å².